The first-order valence-corrected chi connectivity index (χ1v) is 12.8. The van der Waals surface area contributed by atoms with Gasteiger partial charge in [-0.2, -0.15) is 0 Å². The van der Waals surface area contributed by atoms with Crippen LogP contribution < -0.4 is 10.6 Å². The van der Waals surface area contributed by atoms with Gasteiger partial charge in [-0.25, -0.2) is 4.68 Å². The Kier molecular flexibility index (Phi) is 5.73. The van der Waals surface area contributed by atoms with Gasteiger partial charge in [-0.3, -0.25) is 14.4 Å². The molecule has 3 saturated heterocycles. The summed E-state index contributed by atoms with van der Waals surface area (Å²) >= 11 is 0. The molecular formula is C27H30N6O5. The minimum Gasteiger partial charge on any atom is -0.394 e. The number of carbonyl (C=O) groups is 3. The van der Waals surface area contributed by atoms with Crippen LogP contribution >= 0.6 is 0 Å². The van der Waals surface area contributed by atoms with Crippen molar-refractivity contribution in [2.75, 3.05) is 11.9 Å². The molecule has 3 aliphatic rings. The van der Waals surface area contributed by atoms with Crippen LogP contribution in [0.3, 0.4) is 0 Å². The van der Waals surface area contributed by atoms with Crippen LogP contribution in [0.4, 0.5) is 5.69 Å². The monoisotopic (exact) mass is 518 g/mol. The minimum atomic E-state index is -1.18. The number of aliphatic hydroxyl groups excluding tert-OH is 1. The quantitative estimate of drug-likeness (QED) is 0.428. The number of carbonyl (C=O) groups excluding carboxylic acids is 3. The van der Waals surface area contributed by atoms with Crippen LogP contribution in [-0.2, 0) is 25.8 Å². The molecule has 38 heavy (non-hydrogen) atoms. The van der Waals surface area contributed by atoms with Crippen molar-refractivity contribution in [3.05, 3.63) is 54.6 Å². The lowest BCUT2D eigenvalue weighted by Crippen LogP contribution is -2.57. The molecule has 6 rings (SSSR count). The third-order valence-electron chi connectivity index (χ3n) is 8.35. The second-order valence-electron chi connectivity index (χ2n) is 10.6. The van der Waals surface area contributed by atoms with E-state index in [9.17, 15) is 19.5 Å². The van der Waals surface area contributed by atoms with Gasteiger partial charge in [0.1, 0.15) is 23.8 Å². The molecule has 0 saturated carbocycles. The summed E-state index contributed by atoms with van der Waals surface area (Å²) in [6.45, 7) is 3.25. The van der Waals surface area contributed by atoms with E-state index in [2.05, 4.69) is 20.9 Å². The van der Waals surface area contributed by atoms with Gasteiger partial charge in [0, 0.05) is 5.69 Å². The van der Waals surface area contributed by atoms with Crippen LogP contribution in [0.15, 0.2) is 54.6 Å². The Morgan fingerprint density at radius 1 is 1.13 bits per heavy atom. The predicted octanol–water partition coefficient (Wildman–Crippen LogP) is 1.29. The average molecular weight is 519 g/mol. The van der Waals surface area contributed by atoms with E-state index in [0.717, 1.165) is 5.52 Å². The normalized spacial score (nSPS) is 30.4. The highest BCUT2D eigenvalue weighted by Gasteiger charge is 2.78. The molecule has 11 heteroatoms. The summed E-state index contributed by atoms with van der Waals surface area (Å²) in [5.41, 5.74) is 0.00924. The van der Waals surface area contributed by atoms with Gasteiger partial charge in [-0.1, -0.05) is 35.5 Å². The largest absolute Gasteiger partial charge is 0.394 e. The van der Waals surface area contributed by atoms with E-state index in [1.54, 1.807) is 23.7 Å². The molecule has 3 fully saturated rings. The smallest absolute Gasteiger partial charge is 0.247 e. The van der Waals surface area contributed by atoms with Crippen molar-refractivity contribution in [1.82, 2.24) is 25.2 Å². The summed E-state index contributed by atoms with van der Waals surface area (Å²) in [5.74, 6) is -2.72. The van der Waals surface area contributed by atoms with Crippen molar-refractivity contribution in [2.24, 2.45) is 11.8 Å². The van der Waals surface area contributed by atoms with Gasteiger partial charge < -0.3 is 25.4 Å². The number of nitrogens with one attached hydrogen (secondary N) is 2. The zero-order chi connectivity index (χ0) is 26.7. The van der Waals surface area contributed by atoms with Gasteiger partial charge in [0.2, 0.25) is 17.7 Å². The number of nitrogens with zero attached hydrogens (tertiary/aromatic N) is 4. The lowest BCUT2D eigenvalue weighted by Gasteiger charge is -2.35. The molecule has 3 aromatic rings. The van der Waals surface area contributed by atoms with E-state index >= 15 is 0 Å². The molecule has 4 heterocycles. The number of amides is 3. The third-order valence-corrected chi connectivity index (χ3v) is 8.35. The molecule has 3 N–H and O–H groups in total. The third kappa shape index (κ3) is 3.52. The lowest BCUT2D eigenvalue weighted by molar-refractivity contribution is -0.148. The molecule has 11 nitrogen and oxygen atoms in total. The molecule has 2 unspecified atom stereocenters. The maximum absolute atomic E-state index is 14.0. The SMILES string of the molecule is C[C@H](CO)N1C(=O)[C@@H]2[C@H](C(=O)Nc3ccccc3)[C@]3(C)CCC2(O3)C1C(=O)NCn1nnc2ccccc21. The van der Waals surface area contributed by atoms with Crippen LogP contribution in [-0.4, -0.2) is 72.6 Å². The summed E-state index contributed by atoms with van der Waals surface area (Å²) in [5, 5.41) is 24.1. The van der Waals surface area contributed by atoms with Crippen LogP contribution in [0, 0.1) is 11.8 Å². The van der Waals surface area contributed by atoms with Crippen molar-refractivity contribution in [3.63, 3.8) is 0 Å². The van der Waals surface area contributed by atoms with Gasteiger partial charge in [0.25, 0.3) is 0 Å². The zero-order valence-electron chi connectivity index (χ0n) is 21.2. The van der Waals surface area contributed by atoms with Gasteiger partial charge in [-0.05, 0) is 51.0 Å². The molecule has 0 aliphatic carbocycles. The highest BCUT2D eigenvalue weighted by Crippen LogP contribution is 2.63. The van der Waals surface area contributed by atoms with Crippen molar-refractivity contribution in [2.45, 2.75) is 56.6 Å². The summed E-state index contributed by atoms with van der Waals surface area (Å²) in [6, 6.07) is 14.8. The number of likely N-dealkylation sites (tertiary alicyclic amines) is 1. The van der Waals surface area contributed by atoms with E-state index in [1.165, 1.54) is 4.90 Å². The number of benzene rings is 2. The number of hydrogen-bond acceptors (Lipinski definition) is 7. The lowest BCUT2D eigenvalue weighted by atomic mass is 9.66. The highest BCUT2D eigenvalue weighted by atomic mass is 16.5. The summed E-state index contributed by atoms with van der Waals surface area (Å²) in [7, 11) is 0. The van der Waals surface area contributed by atoms with Crippen molar-refractivity contribution in [1.29, 1.82) is 0 Å². The Hall–Kier alpha value is -3.83. The molecule has 2 aromatic carbocycles. The molecule has 3 aliphatic heterocycles. The number of hydrogen-bond donors (Lipinski definition) is 3. The van der Waals surface area contributed by atoms with Gasteiger partial charge >= 0.3 is 0 Å². The topological polar surface area (TPSA) is 139 Å². The van der Waals surface area contributed by atoms with E-state index in [0.29, 0.717) is 24.0 Å². The first kappa shape index (κ1) is 24.5. The van der Waals surface area contributed by atoms with E-state index in [4.69, 9.17) is 4.74 Å². The molecule has 3 amide bonds. The molecule has 1 aromatic heterocycles. The Labute approximate surface area is 219 Å². The van der Waals surface area contributed by atoms with Crippen LogP contribution in [0.1, 0.15) is 26.7 Å². The summed E-state index contributed by atoms with van der Waals surface area (Å²) in [6.07, 6.45) is 0.983. The van der Waals surface area contributed by atoms with Gasteiger partial charge in [0.05, 0.1) is 35.6 Å². The second kappa shape index (κ2) is 8.88. The Bertz CT molecular complexity index is 1410. The van der Waals surface area contributed by atoms with Crippen LogP contribution in [0.5, 0.6) is 0 Å². The maximum atomic E-state index is 14.0. The van der Waals surface area contributed by atoms with Crippen molar-refractivity contribution in [3.8, 4) is 0 Å². The first-order chi connectivity index (χ1) is 18.3. The number of para-hydroxylation sites is 2. The number of fused-ring (bicyclic) bond motifs is 2. The fraction of sp³-hybridized carbons (Fsp3) is 0.444. The fourth-order valence-electron chi connectivity index (χ4n) is 6.65. The summed E-state index contributed by atoms with van der Waals surface area (Å²) < 4.78 is 8.15. The van der Waals surface area contributed by atoms with Gasteiger partial charge in [0.15, 0.2) is 0 Å². The molecule has 198 valence electrons. The number of anilines is 1. The summed E-state index contributed by atoms with van der Waals surface area (Å²) in [4.78, 5) is 42.8. The first-order valence-electron chi connectivity index (χ1n) is 12.8. The fourth-order valence-corrected chi connectivity index (χ4v) is 6.65. The molecule has 2 bridgehead atoms. The molecular weight excluding hydrogens is 488 g/mol. The van der Waals surface area contributed by atoms with Crippen LogP contribution in [0.25, 0.3) is 11.0 Å². The van der Waals surface area contributed by atoms with E-state index in [1.807, 2.05) is 49.4 Å². The number of rotatable bonds is 7. The molecule has 1 spiro atoms. The molecule has 0 radical (unpaired) electrons. The molecule has 6 atom stereocenters. The predicted molar refractivity (Wildman–Crippen MR) is 136 cm³/mol. The average Bonchev–Trinajstić information content (AvgIpc) is 3.63. The van der Waals surface area contributed by atoms with Gasteiger partial charge in [-0.15, -0.1) is 5.10 Å². The van der Waals surface area contributed by atoms with Crippen molar-refractivity contribution >= 4 is 34.4 Å². The Balaban J connectivity index is 1.32. The minimum absolute atomic E-state index is 0.0430. The Morgan fingerprint density at radius 3 is 2.63 bits per heavy atom. The van der Waals surface area contributed by atoms with E-state index in [-0.39, 0.29) is 25.1 Å². The number of aromatic nitrogens is 3. The second-order valence-corrected chi connectivity index (χ2v) is 10.6. The van der Waals surface area contributed by atoms with Crippen molar-refractivity contribution < 1.29 is 24.2 Å². The Morgan fingerprint density at radius 2 is 1.87 bits per heavy atom. The zero-order valence-corrected chi connectivity index (χ0v) is 21.2. The van der Waals surface area contributed by atoms with E-state index < -0.39 is 41.0 Å². The standard InChI is InChI=1S/C27H30N6O5/c1-16(14-34)33-22(24(36)28-15-32-19-11-7-6-10-18(19)30-31-32)27-13-12-26(2,38-27)20(21(27)25(33)37)23(35)29-17-8-4-3-5-9-17/h3-11,16,20-22,34H,12-15H2,1-2H3,(H,28,36)(H,29,35)/t16-,20-,21+,22?,26+,27?/m1/s1. The maximum Gasteiger partial charge on any atom is 0.247 e. The number of aliphatic hydroxyl groups is 1. The highest BCUT2D eigenvalue weighted by molar-refractivity contribution is 6.02. The van der Waals surface area contributed by atoms with Crippen LogP contribution in [0.2, 0.25) is 0 Å². The number of ether oxygens (including phenoxy) is 1.